The summed E-state index contributed by atoms with van der Waals surface area (Å²) in [4.78, 5) is 11.5. The minimum Gasteiger partial charge on any atom is -0.368 e. The molecule has 2 aromatic heterocycles. The third-order valence-electron chi connectivity index (χ3n) is 2.71. The second-order valence-corrected chi connectivity index (χ2v) is 4.36. The van der Waals surface area contributed by atoms with Crippen LogP contribution in [0, 0.1) is 0 Å². The van der Waals surface area contributed by atoms with Crippen molar-refractivity contribution in [3.05, 3.63) is 35.8 Å². The number of aryl methyl sites for hydroxylation is 1. The highest BCUT2D eigenvalue weighted by Gasteiger charge is 2.06. The summed E-state index contributed by atoms with van der Waals surface area (Å²) in [5, 5.41) is 17.8. The predicted octanol–water partition coefficient (Wildman–Crippen LogP) is 0.614. The maximum absolute atomic E-state index is 11.5. The molecule has 0 fully saturated rings. The van der Waals surface area contributed by atoms with Gasteiger partial charge in [-0.25, -0.2) is 0 Å². The van der Waals surface area contributed by atoms with E-state index in [-0.39, 0.29) is 5.91 Å². The van der Waals surface area contributed by atoms with Crippen LogP contribution in [-0.2, 0) is 13.5 Å². The SMILES string of the molecule is CCNC(=O)c1ccc(NCCc2cnn(C)c2)nn1. The number of carbonyl (C=O) groups excluding carboxylic acids is 1. The zero-order valence-electron chi connectivity index (χ0n) is 11.6. The Balaban J connectivity index is 1.83. The van der Waals surface area contributed by atoms with E-state index in [1.807, 2.05) is 26.4 Å². The van der Waals surface area contributed by atoms with Gasteiger partial charge in [-0.2, -0.15) is 5.10 Å². The standard InChI is InChI=1S/C13H18N6O/c1-3-14-13(20)11-4-5-12(18-17-11)15-7-6-10-8-16-19(2)9-10/h4-5,8-9H,3,6-7H2,1-2H3,(H,14,20)(H,15,18). The highest BCUT2D eigenvalue weighted by Crippen LogP contribution is 2.03. The fourth-order valence-corrected chi connectivity index (χ4v) is 1.73. The third-order valence-corrected chi connectivity index (χ3v) is 2.71. The number of carbonyl (C=O) groups is 1. The van der Waals surface area contributed by atoms with Gasteiger partial charge in [0.15, 0.2) is 5.69 Å². The Hall–Kier alpha value is -2.44. The molecule has 20 heavy (non-hydrogen) atoms. The van der Waals surface area contributed by atoms with Gasteiger partial charge in [0.1, 0.15) is 5.82 Å². The molecular weight excluding hydrogens is 256 g/mol. The van der Waals surface area contributed by atoms with Crippen LogP contribution in [0.25, 0.3) is 0 Å². The van der Waals surface area contributed by atoms with Crippen molar-refractivity contribution in [2.45, 2.75) is 13.3 Å². The summed E-state index contributed by atoms with van der Waals surface area (Å²) < 4.78 is 1.77. The molecule has 0 saturated carbocycles. The molecule has 0 saturated heterocycles. The van der Waals surface area contributed by atoms with E-state index in [2.05, 4.69) is 25.9 Å². The van der Waals surface area contributed by atoms with Crippen LogP contribution in [0.5, 0.6) is 0 Å². The smallest absolute Gasteiger partial charge is 0.271 e. The monoisotopic (exact) mass is 274 g/mol. The Labute approximate surface area is 117 Å². The molecule has 0 unspecified atom stereocenters. The zero-order chi connectivity index (χ0) is 14.4. The fourth-order valence-electron chi connectivity index (χ4n) is 1.73. The molecule has 0 radical (unpaired) electrons. The quantitative estimate of drug-likeness (QED) is 0.806. The first-order valence-corrected chi connectivity index (χ1v) is 6.52. The molecular formula is C13H18N6O. The summed E-state index contributed by atoms with van der Waals surface area (Å²) >= 11 is 0. The third kappa shape index (κ3) is 3.78. The topological polar surface area (TPSA) is 84.7 Å². The molecule has 0 aliphatic rings. The zero-order valence-corrected chi connectivity index (χ0v) is 11.6. The van der Waals surface area contributed by atoms with E-state index in [0.717, 1.165) is 18.5 Å². The van der Waals surface area contributed by atoms with Gasteiger partial charge in [0.25, 0.3) is 5.91 Å². The van der Waals surface area contributed by atoms with Gasteiger partial charge in [0.05, 0.1) is 6.20 Å². The molecule has 7 heteroatoms. The lowest BCUT2D eigenvalue weighted by molar-refractivity contribution is 0.0950. The molecule has 2 heterocycles. The number of nitrogens with one attached hydrogen (secondary N) is 2. The van der Waals surface area contributed by atoms with Gasteiger partial charge in [-0.15, -0.1) is 10.2 Å². The van der Waals surface area contributed by atoms with Crippen LogP contribution in [0.1, 0.15) is 23.0 Å². The van der Waals surface area contributed by atoms with Crippen LogP contribution in [-0.4, -0.2) is 39.0 Å². The minimum absolute atomic E-state index is 0.207. The average Bonchev–Trinajstić information content (AvgIpc) is 2.85. The molecule has 2 aromatic rings. The number of anilines is 1. The van der Waals surface area contributed by atoms with Crippen LogP contribution in [0.2, 0.25) is 0 Å². The van der Waals surface area contributed by atoms with Crippen molar-refractivity contribution in [3.63, 3.8) is 0 Å². The molecule has 2 rings (SSSR count). The van der Waals surface area contributed by atoms with Crippen molar-refractivity contribution in [3.8, 4) is 0 Å². The van der Waals surface area contributed by atoms with Gasteiger partial charge in [0.2, 0.25) is 0 Å². The molecule has 0 aliphatic heterocycles. The molecule has 0 spiro atoms. The Kier molecular flexibility index (Phi) is 4.65. The van der Waals surface area contributed by atoms with E-state index in [1.165, 1.54) is 0 Å². The van der Waals surface area contributed by atoms with Gasteiger partial charge in [0, 0.05) is 26.3 Å². The summed E-state index contributed by atoms with van der Waals surface area (Å²) in [5.41, 5.74) is 1.48. The average molecular weight is 274 g/mol. The van der Waals surface area contributed by atoms with Crippen molar-refractivity contribution in [1.82, 2.24) is 25.3 Å². The van der Waals surface area contributed by atoms with E-state index in [4.69, 9.17) is 0 Å². The van der Waals surface area contributed by atoms with Gasteiger partial charge in [-0.3, -0.25) is 9.48 Å². The van der Waals surface area contributed by atoms with Crippen molar-refractivity contribution < 1.29 is 4.79 Å². The van der Waals surface area contributed by atoms with E-state index in [9.17, 15) is 4.79 Å². The largest absolute Gasteiger partial charge is 0.368 e. The maximum Gasteiger partial charge on any atom is 0.271 e. The lowest BCUT2D eigenvalue weighted by Crippen LogP contribution is -2.24. The number of aromatic nitrogens is 4. The fraction of sp³-hybridized carbons (Fsp3) is 0.385. The van der Waals surface area contributed by atoms with Crippen molar-refractivity contribution >= 4 is 11.7 Å². The Morgan fingerprint density at radius 2 is 2.20 bits per heavy atom. The van der Waals surface area contributed by atoms with Gasteiger partial charge in [-0.1, -0.05) is 0 Å². The van der Waals surface area contributed by atoms with Gasteiger partial charge in [-0.05, 0) is 31.0 Å². The van der Waals surface area contributed by atoms with Crippen LogP contribution in [0.4, 0.5) is 5.82 Å². The number of hydrogen-bond acceptors (Lipinski definition) is 5. The highest BCUT2D eigenvalue weighted by molar-refractivity contribution is 5.92. The summed E-state index contributed by atoms with van der Waals surface area (Å²) in [6, 6.07) is 3.41. The molecule has 0 aliphatic carbocycles. The first kappa shape index (κ1) is 14.0. The van der Waals surface area contributed by atoms with Crippen LogP contribution < -0.4 is 10.6 Å². The Morgan fingerprint density at radius 3 is 2.80 bits per heavy atom. The number of amides is 1. The van der Waals surface area contributed by atoms with Crippen LogP contribution in [0.3, 0.4) is 0 Å². The van der Waals surface area contributed by atoms with Crippen LogP contribution >= 0.6 is 0 Å². The van der Waals surface area contributed by atoms with E-state index >= 15 is 0 Å². The molecule has 0 atom stereocenters. The number of nitrogens with zero attached hydrogens (tertiary/aromatic N) is 4. The molecule has 2 N–H and O–H groups in total. The summed E-state index contributed by atoms with van der Waals surface area (Å²) in [6.45, 7) is 3.17. The normalized spacial score (nSPS) is 10.3. The Bertz CT molecular complexity index is 562. The van der Waals surface area contributed by atoms with Gasteiger partial charge < -0.3 is 10.6 Å². The maximum atomic E-state index is 11.5. The Morgan fingerprint density at radius 1 is 1.35 bits per heavy atom. The second kappa shape index (κ2) is 6.65. The second-order valence-electron chi connectivity index (χ2n) is 4.36. The number of rotatable bonds is 6. The lowest BCUT2D eigenvalue weighted by Gasteiger charge is -2.04. The van der Waals surface area contributed by atoms with E-state index in [1.54, 1.807) is 16.8 Å². The predicted molar refractivity (Wildman–Crippen MR) is 75.4 cm³/mol. The van der Waals surface area contributed by atoms with E-state index < -0.39 is 0 Å². The van der Waals surface area contributed by atoms with Crippen LogP contribution in [0.15, 0.2) is 24.5 Å². The molecule has 0 bridgehead atoms. The summed E-state index contributed by atoms with van der Waals surface area (Å²) in [5.74, 6) is 0.448. The molecule has 1 amide bonds. The van der Waals surface area contributed by atoms with Crippen molar-refractivity contribution in [1.29, 1.82) is 0 Å². The first-order chi connectivity index (χ1) is 9.69. The summed E-state index contributed by atoms with van der Waals surface area (Å²) in [6.07, 6.45) is 4.67. The minimum atomic E-state index is -0.207. The summed E-state index contributed by atoms with van der Waals surface area (Å²) in [7, 11) is 1.89. The molecule has 7 nitrogen and oxygen atoms in total. The highest BCUT2D eigenvalue weighted by atomic mass is 16.1. The van der Waals surface area contributed by atoms with E-state index in [0.29, 0.717) is 18.1 Å². The van der Waals surface area contributed by atoms with Crippen molar-refractivity contribution in [2.24, 2.45) is 7.05 Å². The lowest BCUT2D eigenvalue weighted by atomic mass is 10.2. The van der Waals surface area contributed by atoms with Crippen molar-refractivity contribution in [2.75, 3.05) is 18.4 Å². The first-order valence-electron chi connectivity index (χ1n) is 6.52. The molecule has 0 aromatic carbocycles. The number of hydrogen-bond donors (Lipinski definition) is 2. The van der Waals surface area contributed by atoms with Gasteiger partial charge >= 0.3 is 0 Å². The molecule has 106 valence electrons.